The van der Waals surface area contributed by atoms with Gasteiger partial charge in [0.2, 0.25) is 0 Å². The Morgan fingerprint density at radius 3 is 2.62 bits per heavy atom. The molecule has 0 saturated heterocycles. The highest BCUT2D eigenvalue weighted by Crippen LogP contribution is 2.31. The number of nitrogens with one attached hydrogen (secondary N) is 1. The van der Waals surface area contributed by atoms with Crippen molar-refractivity contribution >= 4 is 11.0 Å². The molecule has 0 aliphatic heterocycles. The van der Waals surface area contributed by atoms with Crippen molar-refractivity contribution in [3.8, 4) is 11.5 Å². The van der Waals surface area contributed by atoms with Crippen LogP contribution >= 0.6 is 0 Å². The second kappa shape index (κ2) is 4.44. The number of nitrogens with zero attached hydrogens (tertiary/aromatic N) is 1. The van der Waals surface area contributed by atoms with E-state index in [0.717, 1.165) is 6.07 Å². The van der Waals surface area contributed by atoms with Crippen LogP contribution in [-0.4, -0.2) is 9.97 Å². The number of aromatic amines is 1. The van der Waals surface area contributed by atoms with Crippen molar-refractivity contribution in [1.82, 2.24) is 9.97 Å². The first-order chi connectivity index (χ1) is 9.83. The molecule has 3 rings (SSSR count). The molecule has 21 heavy (non-hydrogen) atoms. The van der Waals surface area contributed by atoms with Gasteiger partial charge in [-0.3, -0.25) is 0 Å². The van der Waals surface area contributed by atoms with E-state index in [2.05, 4.69) is 4.98 Å². The van der Waals surface area contributed by atoms with Crippen molar-refractivity contribution in [3.63, 3.8) is 0 Å². The maximum Gasteiger partial charge on any atom is 0.431 e. The van der Waals surface area contributed by atoms with Crippen molar-refractivity contribution in [2.24, 2.45) is 0 Å². The van der Waals surface area contributed by atoms with Crippen LogP contribution < -0.4 is 5.69 Å². The van der Waals surface area contributed by atoms with E-state index in [0.29, 0.717) is 11.5 Å². The Balaban J connectivity index is 2.18. The number of aromatic nitrogens is 2. The third-order valence-electron chi connectivity index (χ3n) is 2.78. The minimum absolute atomic E-state index is 0.0489. The second-order valence-electron chi connectivity index (χ2n) is 4.28. The summed E-state index contributed by atoms with van der Waals surface area (Å²) in [5, 5.41) is 0.362. The number of halogens is 4. The maximum absolute atomic E-state index is 13.1. The van der Waals surface area contributed by atoms with E-state index >= 15 is 0 Å². The molecule has 8 heteroatoms. The lowest BCUT2D eigenvalue weighted by Gasteiger charge is -2.06. The van der Waals surface area contributed by atoms with E-state index in [4.69, 9.17) is 4.42 Å². The van der Waals surface area contributed by atoms with E-state index in [1.807, 2.05) is 0 Å². The average molecular weight is 298 g/mol. The number of fused-ring (bicyclic) bond motifs is 1. The van der Waals surface area contributed by atoms with E-state index in [9.17, 15) is 22.4 Å². The molecular formula is C13H6F4N2O2. The molecule has 0 bridgehead atoms. The van der Waals surface area contributed by atoms with Gasteiger partial charge in [0.15, 0.2) is 5.76 Å². The second-order valence-corrected chi connectivity index (χ2v) is 4.28. The Kier molecular flexibility index (Phi) is 2.82. The van der Waals surface area contributed by atoms with Crippen LogP contribution in [0.4, 0.5) is 17.6 Å². The molecule has 0 aliphatic carbocycles. The van der Waals surface area contributed by atoms with Crippen LogP contribution in [0.2, 0.25) is 0 Å². The summed E-state index contributed by atoms with van der Waals surface area (Å²) >= 11 is 0. The first kappa shape index (κ1) is 13.3. The highest BCUT2D eigenvalue weighted by molar-refractivity contribution is 5.82. The lowest BCUT2D eigenvalue weighted by Crippen LogP contribution is -2.19. The van der Waals surface area contributed by atoms with Gasteiger partial charge >= 0.3 is 11.9 Å². The Labute approximate surface area is 114 Å². The third kappa shape index (κ3) is 2.51. The van der Waals surface area contributed by atoms with Crippen molar-refractivity contribution in [1.29, 1.82) is 0 Å². The summed E-state index contributed by atoms with van der Waals surface area (Å²) < 4.78 is 56.3. The number of hydrogen-bond acceptors (Lipinski definition) is 3. The largest absolute Gasteiger partial charge is 0.454 e. The van der Waals surface area contributed by atoms with Crippen LogP contribution in [-0.2, 0) is 6.18 Å². The van der Waals surface area contributed by atoms with Crippen molar-refractivity contribution < 1.29 is 22.0 Å². The predicted molar refractivity (Wildman–Crippen MR) is 65.0 cm³/mol. The third-order valence-corrected chi connectivity index (χ3v) is 2.78. The summed E-state index contributed by atoms with van der Waals surface area (Å²) in [5.41, 5.74) is -2.37. The molecular weight excluding hydrogens is 292 g/mol. The van der Waals surface area contributed by atoms with Crippen LogP contribution in [0.25, 0.3) is 22.4 Å². The summed E-state index contributed by atoms with van der Waals surface area (Å²) in [6.07, 6.45) is -4.71. The predicted octanol–water partition coefficient (Wildman–Crippen LogP) is 3.34. The standard InChI is InChI=1S/C13H6F4N2O2/c14-7-1-2-9-6(3-7)4-10(21-9)8-5-11(13(15,16)17)19-12(20)18-8/h1-5H,(H,18,19,20). The summed E-state index contributed by atoms with van der Waals surface area (Å²) in [6, 6.07) is 5.64. The monoisotopic (exact) mass is 298 g/mol. The first-order valence-electron chi connectivity index (χ1n) is 5.71. The molecule has 0 fully saturated rings. The Bertz CT molecular complexity index is 880. The van der Waals surface area contributed by atoms with E-state index in [1.165, 1.54) is 18.2 Å². The molecule has 0 radical (unpaired) electrons. The van der Waals surface area contributed by atoms with Crippen LogP contribution in [0.15, 0.2) is 39.5 Å². The van der Waals surface area contributed by atoms with Crippen LogP contribution in [0.1, 0.15) is 5.69 Å². The lowest BCUT2D eigenvalue weighted by atomic mass is 10.2. The molecule has 0 atom stereocenters. The quantitative estimate of drug-likeness (QED) is 0.701. The molecule has 0 amide bonds. The van der Waals surface area contributed by atoms with Crippen LogP contribution in [0.5, 0.6) is 0 Å². The van der Waals surface area contributed by atoms with Gasteiger partial charge in [-0.15, -0.1) is 0 Å². The first-order valence-corrected chi connectivity index (χ1v) is 5.71. The summed E-state index contributed by atoms with van der Waals surface area (Å²) in [7, 11) is 0. The molecule has 0 saturated carbocycles. The highest BCUT2D eigenvalue weighted by Gasteiger charge is 2.33. The van der Waals surface area contributed by atoms with Crippen LogP contribution in [0, 0.1) is 5.82 Å². The van der Waals surface area contributed by atoms with Crippen molar-refractivity contribution in [2.45, 2.75) is 6.18 Å². The molecule has 1 aromatic carbocycles. The number of furan rings is 1. The topological polar surface area (TPSA) is 58.9 Å². The summed E-state index contributed by atoms with van der Waals surface area (Å²) in [6.45, 7) is 0. The molecule has 2 heterocycles. The number of H-pyrrole nitrogens is 1. The number of hydrogen-bond donors (Lipinski definition) is 1. The smallest absolute Gasteiger partial charge is 0.431 e. The van der Waals surface area contributed by atoms with Crippen molar-refractivity contribution in [2.75, 3.05) is 0 Å². The summed E-state index contributed by atoms with van der Waals surface area (Å²) in [5.74, 6) is -0.558. The van der Waals surface area contributed by atoms with E-state index < -0.39 is 23.4 Å². The van der Waals surface area contributed by atoms with Gasteiger partial charge < -0.3 is 9.40 Å². The fraction of sp³-hybridized carbons (Fsp3) is 0.0769. The van der Waals surface area contributed by atoms with Gasteiger partial charge in [0, 0.05) is 5.39 Å². The highest BCUT2D eigenvalue weighted by atomic mass is 19.4. The zero-order valence-electron chi connectivity index (χ0n) is 10.2. The zero-order valence-corrected chi connectivity index (χ0v) is 10.2. The molecule has 4 nitrogen and oxygen atoms in total. The van der Waals surface area contributed by atoms with Gasteiger partial charge in [0.1, 0.15) is 22.8 Å². The fourth-order valence-corrected chi connectivity index (χ4v) is 1.88. The normalized spacial score (nSPS) is 12.0. The summed E-state index contributed by atoms with van der Waals surface area (Å²) in [4.78, 5) is 16.3. The Morgan fingerprint density at radius 2 is 1.90 bits per heavy atom. The average Bonchev–Trinajstić information content (AvgIpc) is 2.80. The van der Waals surface area contributed by atoms with Gasteiger partial charge in [-0.05, 0) is 30.3 Å². The molecule has 3 aromatic rings. The SMILES string of the molecule is O=c1nc(-c2cc3cc(F)ccc3o2)cc(C(F)(F)F)[nH]1. The number of alkyl halides is 3. The molecule has 1 N–H and O–H groups in total. The molecule has 0 unspecified atom stereocenters. The molecule has 108 valence electrons. The fourth-order valence-electron chi connectivity index (χ4n) is 1.88. The molecule has 2 aromatic heterocycles. The van der Waals surface area contributed by atoms with Crippen LogP contribution in [0.3, 0.4) is 0 Å². The minimum atomic E-state index is -4.71. The van der Waals surface area contributed by atoms with Gasteiger partial charge in [-0.25, -0.2) is 9.18 Å². The van der Waals surface area contributed by atoms with Crippen molar-refractivity contribution in [3.05, 3.63) is 52.3 Å². The lowest BCUT2D eigenvalue weighted by molar-refractivity contribution is -0.141. The van der Waals surface area contributed by atoms with E-state index in [-0.39, 0.29) is 17.0 Å². The zero-order chi connectivity index (χ0) is 15.2. The number of rotatable bonds is 1. The van der Waals surface area contributed by atoms with Gasteiger partial charge in [-0.1, -0.05) is 0 Å². The van der Waals surface area contributed by atoms with Gasteiger partial charge in [0.25, 0.3) is 0 Å². The molecule has 0 spiro atoms. The molecule has 0 aliphatic rings. The van der Waals surface area contributed by atoms with Gasteiger partial charge in [0.05, 0.1) is 0 Å². The van der Waals surface area contributed by atoms with E-state index in [1.54, 1.807) is 4.98 Å². The number of benzene rings is 1. The van der Waals surface area contributed by atoms with Gasteiger partial charge in [-0.2, -0.15) is 18.2 Å². The maximum atomic E-state index is 13.1. The minimum Gasteiger partial charge on any atom is -0.454 e. The Hall–Kier alpha value is -2.64. The Morgan fingerprint density at radius 1 is 1.14 bits per heavy atom.